The molecule has 9 heteroatoms. The molecule has 84 valence electrons. The van der Waals surface area contributed by atoms with E-state index in [-0.39, 0.29) is 10.2 Å². The number of carbonyl (C=O) groups is 1. The molecule has 0 saturated heterocycles. The minimum Gasteiger partial charge on any atom is -0.343 e. The van der Waals surface area contributed by atoms with Gasteiger partial charge in [-0.1, -0.05) is 0 Å². The normalized spacial score (nSPS) is 11.5. The van der Waals surface area contributed by atoms with Crippen LogP contribution < -0.4 is 0 Å². The first-order valence-corrected chi connectivity index (χ1v) is 5.87. The largest absolute Gasteiger partial charge is 0.379 e. The second-order valence-electron chi connectivity index (χ2n) is 2.88. The maximum atomic E-state index is 11.4. The number of rotatable bonds is 2. The van der Waals surface area contributed by atoms with Crippen LogP contribution in [0.3, 0.4) is 0 Å². The lowest BCUT2D eigenvalue weighted by Crippen LogP contribution is -2.23. The van der Waals surface area contributed by atoms with E-state index >= 15 is 0 Å². The highest BCUT2D eigenvalue weighted by molar-refractivity contribution is 9.10. The van der Waals surface area contributed by atoms with E-state index in [1.807, 2.05) is 0 Å². The Bertz CT molecular complexity index is 492. The third-order valence-corrected chi connectivity index (χ3v) is 2.73. The van der Waals surface area contributed by atoms with E-state index in [4.69, 9.17) is 4.55 Å². The van der Waals surface area contributed by atoms with E-state index in [1.165, 1.54) is 19.0 Å². The van der Waals surface area contributed by atoms with Crippen LogP contribution in [0.4, 0.5) is 0 Å². The fourth-order valence-electron chi connectivity index (χ4n) is 0.808. The lowest BCUT2D eigenvalue weighted by molar-refractivity contribution is 0.0821. The number of halogens is 1. The Labute approximate surface area is 94.7 Å². The maximum Gasteiger partial charge on any atom is 0.379 e. The van der Waals surface area contributed by atoms with Crippen molar-refractivity contribution >= 4 is 32.1 Å². The second-order valence-corrected chi connectivity index (χ2v) is 5.00. The van der Waals surface area contributed by atoms with Crippen molar-refractivity contribution in [2.45, 2.75) is 0 Å². The van der Waals surface area contributed by atoms with Gasteiger partial charge >= 0.3 is 10.3 Å². The summed E-state index contributed by atoms with van der Waals surface area (Å²) in [5.41, 5.74) is -0.0855. The number of amides is 1. The Balaban J connectivity index is 3.25. The zero-order valence-corrected chi connectivity index (χ0v) is 10.3. The highest BCUT2D eigenvalue weighted by Gasteiger charge is 2.20. The van der Waals surface area contributed by atoms with E-state index in [9.17, 15) is 13.2 Å². The van der Waals surface area contributed by atoms with Gasteiger partial charge in [-0.15, -0.1) is 9.19 Å². The van der Waals surface area contributed by atoms with Crippen molar-refractivity contribution in [3.63, 3.8) is 0 Å². The predicted molar refractivity (Wildman–Crippen MR) is 54.9 cm³/mol. The first kappa shape index (κ1) is 12.1. The first-order valence-electron chi connectivity index (χ1n) is 3.68. The molecule has 0 aliphatic rings. The summed E-state index contributed by atoms with van der Waals surface area (Å²) in [6, 6.07) is 0. The average Bonchev–Trinajstić information content (AvgIpc) is 2.45. The summed E-state index contributed by atoms with van der Waals surface area (Å²) in [6.45, 7) is 0. The molecule has 1 aromatic heterocycles. The molecule has 0 radical (unpaired) electrons. The van der Waals surface area contributed by atoms with Crippen molar-refractivity contribution < 1.29 is 17.8 Å². The van der Waals surface area contributed by atoms with Crippen molar-refractivity contribution in [3.8, 4) is 0 Å². The quantitative estimate of drug-likeness (QED) is 0.776. The van der Waals surface area contributed by atoms with Crippen LogP contribution in [0, 0.1) is 0 Å². The Morgan fingerprint density at radius 3 is 2.47 bits per heavy atom. The molecule has 0 aromatic carbocycles. The van der Waals surface area contributed by atoms with Gasteiger partial charge in [0.15, 0.2) is 5.69 Å². The highest BCUT2D eigenvalue weighted by Crippen LogP contribution is 2.16. The zero-order valence-electron chi connectivity index (χ0n) is 7.88. The van der Waals surface area contributed by atoms with E-state index < -0.39 is 16.2 Å². The van der Waals surface area contributed by atoms with E-state index in [2.05, 4.69) is 21.0 Å². The molecule has 1 N–H and O–H groups in total. The van der Waals surface area contributed by atoms with Gasteiger partial charge in [-0.05, 0) is 15.9 Å². The Morgan fingerprint density at radius 1 is 1.60 bits per heavy atom. The lowest BCUT2D eigenvalue weighted by atomic mass is 10.4. The predicted octanol–water partition coefficient (Wildman–Crippen LogP) is -0.00170. The van der Waals surface area contributed by atoms with Crippen LogP contribution >= 0.6 is 15.9 Å². The molecular weight excluding hydrogens is 290 g/mol. The third kappa shape index (κ3) is 2.55. The minimum atomic E-state index is -4.46. The van der Waals surface area contributed by atoms with Crippen LogP contribution in [0.1, 0.15) is 10.5 Å². The van der Waals surface area contributed by atoms with E-state index in [0.717, 1.165) is 6.20 Å². The van der Waals surface area contributed by atoms with Gasteiger partial charge < -0.3 is 4.90 Å². The summed E-state index contributed by atoms with van der Waals surface area (Å²) in [5.74, 6) is -0.468. The molecule has 0 unspecified atom stereocenters. The summed E-state index contributed by atoms with van der Waals surface area (Å²) in [7, 11) is -1.46. The number of aromatic nitrogens is 2. The molecule has 0 saturated carbocycles. The van der Waals surface area contributed by atoms with Crippen LogP contribution in [-0.4, -0.2) is 47.1 Å². The number of hydrogen-bond acceptors (Lipinski definition) is 4. The zero-order chi connectivity index (χ0) is 11.8. The molecule has 0 aliphatic carbocycles. The number of carbonyl (C=O) groups excluding carboxylic acids is 1. The van der Waals surface area contributed by atoms with Crippen LogP contribution in [0.25, 0.3) is 0 Å². The van der Waals surface area contributed by atoms with E-state index in [0.29, 0.717) is 4.09 Å². The average molecular weight is 298 g/mol. The molecule has 0 bridgehead atoms. The van der Waals surface area contributed by atoms with Gasteiger partial charge in [0.1, 0.15) is 0 Å². The first-order chi connectivity index (χ1) is 6.73. The van der Waals surface area contributed by atoms with Gasteiger partial charge in [-0.25, -0.2) is 0 Å². The molecule has 7 nitrogen and oxygen atoms in total. The van der Waals surface area contributed by atoms with Crippen LogP contribution in [0.5, 0.6) is 0 Å². The van der Waals surface area contributed by atoms with E-state index in [1.54, 1.807) is 0 Å². The van der Waals surface area contributed by atoms with Gasteiger partial charge in [0.05, 0.1) is 10.7 Å². The van der Waals surface area contributed by atoms with Crippen LogP contribution in [0.2, 0.25) is 0 Å². The number of nitrogens with zero attached hydrogens (tertiary/aromatic N) is 3. The highest BCUT2D eigenvalue weighted by atomic mass is 79.9. The maximum absolute atomic E-state index is 11.4. The molecule has 0 spiro atoms. The summed E-state index contributed by atoms with van der Waals surface area (Å²) < 4.78 is 30.6. The molecule has 1 heterocycles. The standard InChI is InChI=1S/C6H8BrN3O4S/c1-9(2)6(11)5-4(7)3-10(8-5)15(12,13)14/h3H,1-2H3,(H,12,13,14). The molecule has 1 aromatic rings. The summed E-state index contributed by atoms with van der Waals surface area (Å²) in [4.78, 5) is 12.7. The molecule has 1 amide bonds. The second kappa shape index (κ2) is 3.91. The Hall–Kier alpha value is -0.930. The van der Waals surface area contributed by atoms with Gasteiger partial charge in [0.25, 0.3) is 5.91 Å². The van der Waals surface area contributed by atoms with Crippen LogP contribution in [-0.2, 0) is 10.3 Å². The topological polar surface area (TPSA) is 92.5 Å². The van der Waals surface area contributed by atoms with Crippen LogP contribution in [0.15, 0.2) is 10.7 Å². The fraction of sp³-hybridized carbons (Fsp3) is 0.333. The van der Waals surface area contributed by atoms with Crippen molar-refractivity contribution in [1.29, 1.82) is 0 Å². The van der Waals surface area contributed by atoms with Gasteiger partial charge in [-0.3, -0.25) is 9.35 Å². The van der Waals surface area contributed by atoms with Gasteiger partial charge in [-0.2, -0.15) is 8.42 Å². The smallest absolute Gasteiger partial charge is 0.343 e. The molecule has 0 aliphatic heterocycles. The molecule has 1 rings (SSSR count). The fourth-order valence-corrected chi connectivity index (χ4v) is 1.81. The summed E-state index contributed by atoms with van der Waals surface area (Å²) in [6.07, 6.45) is 0.992. The number of hydrogen-bond donors (Lipinski definition) is 1. The lowest BCUT2D eigenvalue weighted by Gasteiger charge is -2.07. The molecule has 15 heavy (non-hydrogen) atoms. The SMILES string of the molecule is CN(C)C(=O)c1nn(S(=O)(=O)O)cc1Br. The van der Waals surface area contributed by atoms with Gasteiger partial charge in [0.2, 0.25) is 0 Å². The molecular formula is C6H8BrN3O4S. The third-order valence-electron chi connectivity index (χ3n) is 1.49. The monoisotopic (exact) mass is 297 g/mol. The van der Waals surface area contributed by atoms with Crippen molar-refractivity contribution in [2.75, 3.05) is 14.1 Å². The molecule has 0 atom stereocenters. The van der Waals surface area contributed by atoms with Gasteiger partial charge in [0, 0.05) is 14.1 Å². The molecule has 0 fully saturated rings. The summed E-state index contributed by atoms with van der Waals surface area (Å²) >= 11 is 2.97. The van der Waals surface area contributed by atoms with Crippen molar-refractivity contribution in [2.24, 2.45) is 0 Å². The Kier molecular flexibility index (Phi) is 3.16. The van der Waals surface area contributed by atoms with Crippen molar-refractivity contribution in [3.05, 3.63) is 16.4 Å². The van der Waals surface area contributed by atoms with Crippen molar-refractivity contribution in [1.82, 2.24) is 14.1 Å². The summed E-state index contributed by atoms with van der Waals surface area (Å²) in [5, 5.41) is 3.44. The minimum absolute atomic E-state index is 0.0855. The Morgan fingerprint density at radius 2 is 2.13 bits per heavy atom.